The molecule has 27 heavy (non-hydrogen) atoms. The first-order valence-corrected chi connectivity index (χ1v) is 9.98. The first-order chi connectivity index (χ1) is 12.7. The highest BCUT2D eigenvalue weighted by atomic mass is 35.5. The Morgan fingerprint density at radius 3 is 2.48 bits per heavy atom. The van der Waals surface area contributed by atoms with E-state index < -0.39 is 0 Å². The molecule has 2 saturated heterocycles. The number of halogens is 1. The Balaban J connectivity index is 0.00000210. The highest BCUT2D eigenvalue weighted by Crippen LogP contribution is 2.17. The molecule has 0 bridgehead atoms. The summed E-state index contributed by atoms with van der Waals surface area (Å²) in [5, 5.41) is 9.79. The maximum absolute atomic E-state index is 12.7. The number of carbonyl (C=O) groups excluding carboxylic acids is 2. The Labute approximate surface area is 168 Å². The number of rotatable bonds is 3. The monoisotopic (exact) mass is 409 g/mol. The van der Waals surface area contributed by atoms with Crippen molar-refractivity contribution < 1.29 is 9.59 Å². The fourth-order valence-corrected chi connectivity index (χ4v) is 4.24. The number of nitrogens with zero attached hydrogens (tertiary/aromatic N) is 4. The summed E-state index contributed by atoms with van der Waals surface area (Å²) in [7, 11) is 0. The lowest BCUT2D eigenvalue weighted by Gasteiger charge is -2.34. The maximum atomic E-state index is 12.7. The molecule has 4 heterocycles. The third-order valence-corrected chi connectivity index (χ3v) is 5.92. The van der Waals surface area contributed by atoms with Gasteiger partial charge in [0.05, 0.1) is 10.9 Å². The maximum Gasteiger partial charge on any atom is 0.274 e. The summed E-state index contributed by atoms with van der Waals surface area (Å²) in [5.74, 6) is 0.0110. The lowest BCUT2D eigenvalue weighted by Crippen LogP contribution is -2.50. The zero-order valence-corrected chi connectivity index (χ0v) is 16.7. The van der Waals surface area contributed by atoms with E-state index >= 15 is 0 Å². The van der Waals surface area contributed by atoms with E-state index in [1.54, 1.807) is 11.0 Å². The van der Waals surface area contributed by atoms with Crippen molar-refractivity contribution in [2.24, 2.45) is 0 Å². The molecule has 2 aliphatic rings. The average Bonchev–Trinajstić information content (AvgIpc) is 3.40. The number of hydrogen-bond donors (Lipinski definition) is 1. The van der Waals surface area contributed by atoms with Gasteiger partial charge in [-0.25, -0.2) is 0 Å². The van der Waals surface area contributed by atoms with E-state index in [-0.39, 0.29) is 24.2 Å². The van der Waals surface area contributed by atoms with Crippen LogP contribution in [0.5, 0.6) is 0 Å². The summed E-state index contributed by atoms with van der Waals surface area (Å²) in [6, 6.07) is 5.86. The first-order valence-electron chi connectivity index (χ1n) is 9.10. The van der Waals surface area contributed by atoms with Crippen molar-refractivity contribution in [2.75, 3.05) is 39.3 Å². The van der Waals surface area contributed by atoms with Crippen molar-refractivity contribution in [3.63, 3.8) is 0 Å². The van der Waals surface area contributed by atoms with E-state index in [0.717, 1.165) is 30.8 Å². The van der Waals surface area contributed by atoms with Gasteiger partial charge in [-0.3, -0.25) is 14.3 Å². The zero-order valence-electron chi connectivity index (χ0n) is 15.0. The summed E-state index contributed by atoms with van der Waals surface area (Å²) in [4.78, 5) is 29.5. The number of nitrogens with one attached hydrogen (secondary N) is 1. The van der Waals surface area contributed by atoms with Gasteiger partial charge in [0.25, 0.3) is 11.8 Å². The van der Waals surface area contributed by atoms with E-state index in [9.17, 15) is 9.59 Å². The number of aromatic nitrogens is 2. The van der Waals surface area contributed by atoms with Crippen molar-refractivity contribution in [2.45, 2.75) is 18.9 Å². The van der Waals surface area contributed by atoms with Crippen molar-refractivity contribution in [1.82, 2.24) is 24.9 Å². The molecule has 1 atom stereocenters. The highest BCUT2D eigenvalue weighted by Gasteiger charge is 2.27. The second-order valence-electron chi connectivity index (χ2n) is 6.74. The Morgan fingerprint density at radius 1 is 1.11 bits per heavy atom. The van der Waals surface area contributed by atoms with Crippen LogP contribution < -0.4 is 5.32 Å². The predicted octanol–water partition coefficient (Wildman–Crippen LogP) is 1.89. The zero-order chi connectivity index (χ0) is 17.9. The van der Waals surface area contributed by atoms with Crippen LogP contribution in [0.4, 0.5) is 0 Å². The topological polar surface area (TPSA) is 70.5 Å². The summed E-state index contributed by atoms with van der Waals surface area (Å²) < 4.78 is 1.91. The Kier molecular flexibility index (Phi) is 6.51. The highest BCUT2D eigenvalue weighted by molar-refractivity contribution is 7.12. The molecule has 2 aromatic rings. The molecule has 1 N–H and O–H groups in total. The number of carbonyl (C=O) groups is 2. The summed E-state index contributed by atoms with van der Waals surface area (Å²) in [6.07, 6.45) is 4.13. The quantitative estimate of drug-likeness (QED) is 0.840. The molecule has 9 heteroatoms. The van der Waals surface area contributed by atoms with E-state index in [1.807, 2.05) is 33.3 Å². The number of piperazine rings is 1. The molecule has 0 aliphatic carbocycles. The van der Waals surface area contributed by atoms with Crippen LogP contribution in [0.3, 0.4) is 0 Å². The number of amides is 2. The van der Waals surface area contributed by atoms with Crippen molar-refractivity contribution in [3.8, 4) is 0 Å². The predicted molar refractivity (Wildman–Crippen MR) is 107 cm³/mol. The smallest absolute Gasteiger partial charge is 0.274 e. The lowest BCUT2D eigenvalue weighted by molar-refractivity contribution is 0.0534. The molecule has 0 aromatic carbocycles. The molecule has 2 amide bonds. The molecule has 0 radical (unpaired) electrons. The van der Waals surface area contributed by atoms with Crippen molar-refractivity contribution in [3.05, 3.63) is 40.3 Å². The molecule has 2 aliphatic heterocycles. The molecular formula is C18H24ClN5O2S. The van der Waals surface area contributed by atoms with Gasteiger partial charge in [-0.2, -0.15) is 5.10 Å². The largest absolute Gasteiger partial charge is 0.334 e. The van der Waals surface area contributed by atoms with E-state index in [4.69, 9.17) is 0 Å². The van der Waals surface area contributed by atoms with Crippen LogP contribution in [-0.2, 0) is 0 Å². The lowest BCUT2D eigenvalue weighted by atomic mass is 10.1. The second kappa shape index (κ2) is 8.86. The normalized spacial score (nSPS) is 20.2. The van der Waals surface area contributed by atoms with E-state index in [0.29, 0.717) is 37.9 Å². The fraction of sp³-hybridized carbons (Fsp3) is 0.500. The molecule has 2 aromatic heterocycles. The summed E-state index contributed by atoms with van der Waals surface area (Å²) in [6.45, 7) is 4.18. The summed E-state index contributed by atoms with van der Waals surface area (Å²) >= 11 is 1.46. The molecular weight excluding hydrogens is 386 g/mol. The van der Waals surface area contributed by atoms with Crippen molar-refractivity contribution >= 4 is 35.6 Å². The van der Waals surface area contributed by atoms with E-state index in [1.165, 1.54) is 11.3 Å². The molecule has 146 valence electrons. The standard InChI is InChI=1S/C18H23N5O2S.ClH/c24-17(15-5-7-23(20-15)14-3-1-6-19-13-14)21-8-10-22(11-9-21)18(25)16-4-2-12-26-16;/h2,4-5,7,12,14,19H,1,3,6,8-11,13H2;1H. The number of piperidine rings is 1. The number of hydrogen-bond acceptors (Lipinski definition) is 5. The van der Waals surface area contributed by atoms with Crippen molar-refractivity contribution in [1.29, 1.82) is 0 Å². The average molecular weight is 410 g/mol. The molecule has 4 rings (SSSR count). The SMILES string of the molecule is Cl.O=C(c1ccn(C2CCCNC2)n1)N1CCN(C(=O)c2cccs2)CC1. The van der Waals surface area contributed by atoms with Crippen LogP contribution >= 0.6 is 23.7 Å². The van der Waals surface area contributed by atoms with Crippen LogP contribution in [0.1, 0.15) is 39.0 Å². The van der Waals surface area contributed by atoms with Crippen LogP contribution in [0.15, 0.2) is 29.8 Å². The molecule has 7 nitrogen and oxygen atoms in total. The Hall–Kier alpha value is -1.90. The van der Waals surface area contributed by atoms with Crippen LogP contribution in [0.2, 0.25) is 0 Å². The van der Waals surface area contributed by atoms with Gasteiger partial charge in [0.1, 0.15) is 5.69 Å². The molecule has 1 unspecified atom stereocenters. The first kappa shape index (κ1) is 19.9. The molecule has 2 fully saturated rings. The fourth-order valence-electron chi connectivity index (χ4n) is 3.55. The van der Waals surface area contributed by atoms with Gasteiger partial charge in [0.2, 0.25) is 0 Å². The summed E-state index contributed by atoms with van der Waals surface area (Å²) in [5.41, 5.74) is 0.494. The van der Waals surface area contributed by atoms with Gasteiger partial charge in [-0.1, -0.05) is 6.07 Å². The van der Waals surface area contributed by atoms with Crippen LogP contribution in [0.25, 0.3) is 0 Å². The van der Waals surface area contributed by atoms with Gasteiger partial charge in [0.15, 0.2) is 0 Å². The van der Waals surface area contributed by atoms with E-state index in [2.05, 4.69) is 10.4 Å². The molecule has 0 saturated carbocycles. The van der Waals surface area contributed by atoms with Crippen LogP contribution in [-0.4, -0.2) is 70.7 Å². The second-order valence-corrected chi connectivity index (χ2v) is 7.69. The Morgan fingerprint density at radius 2 is 1.85 bits per heavy atom. The number of thiophene rings is 1. The van der Waals surface area contributed by atoms with Gasteiger partial charge in [-0.05, 0) is 36.9 Å². The molecule has 0 spiro atoms. The minimum atomic E-state index is -0.0456. The third kappa shape index (κ3) is 4.34. The minimum Gasteiger partial charge on any atom is -0.334 e. The third-order valence-electron chi connectivity index (χ3n) is 5.06. The Bertz CT molecular complexity index is 765. The van der Waals surface area contributed by atoms with Crippen LogP contribution in [0, 0.1) is 0 Å². The van der Waals surface area contributed by atoms with Gasteiger partial charge in [0, 0.05) is 38.9 Å². The van der Waals surface area contributed by atoms with Gasteiger partial charge < -0.3 is 15.1 Å². The van der Waals surface area contributed by atoms with Gasteiger partial charge >= 0.3 is 0 Å². The minimum absolute atomic E-state index is 0. The van der Waals surface area contributed by atoms with Gasteiger partial charge in [-0.15, -0.1) is 23.7 Å².